The molecule has 0 aliphatic carbocycles. The van der Waals surface area contributed by atoms with Crippen LogP contribution in [0.4, 0.5) is 0 Å². The Hall–Kier alpha value is -3.28. The van der Waals surface area contributed by atoms with Gasteiger partial charge in [-0.25, -0.2) is 4.79 Å². The Morgan fingerprint density at radius 3 is 1.50 bits per heavy atom. The Bertz CT molecular complexity index is 868. The van der Waals surface area contributed by atoms with Crippen molar-refractivity contribution in [3.63, 3.8) is 0 Å². The quantitative estimate of drug-likeness (QED) is 0.445. The number of rotatable bonds is 5. The number of benzene rings is 2. The number of hydrogen-bond donors (Lipinski definition) is 5. The second-order valence-electron chi connectivity index (χ2n) is 5.00. The number of aliphatic carboxylic acids is 2. The Morgan fingerprint density at radius 2 is 1.29 bits per heavy atom. The number of carboxylic acids is 3. The number of nitrogens with two attached hydrogens (primary N) is 1. The molecule has 28 heavy (non-hydrogen) atoms. The molecule has 152 valence electrons. The lowest BCUT2D eigenvalue weighted by atomic mass is 10.2. The van der Waals surface area contributed by atoms with Crippen molar-refractivity contribution in [3.05, 3.63) is 66.2 Å². The summed E-state index contributed by atoms with van der Waals surface area (Å²) < 4.78 is 29.2. The summed E-state index contributed by atoms with van der Waals surface area (Å²) in [6.45, 7) is 0. The zero-order valence-corrected chi connectivity index (χ0v) is 15.2. The summed E-state index contributed by atoms with van der Waals surface area (Å²) in [6, 6.07) is 14.4. The van der Waals surface area contributed by atoms with Gasteiger partial charge in [-0.2, -0.15) is 8.42 Å². The fourth-order valence-electron chi connectivity index (χ4n) is 1.45. The van der Waals surface area contributed by atoms with Gasteiger partial charge in [-0.1, -0.05) is 36.4 Å². The van der Waals surface area contributed by atoms with E-state index in [9.17, 15) is 22.8 Å². The Kier molecular flexibility index (Phi) is 10.7. The fourth-order valence-corrected chi connectivity index (χ4v) is 1.95. The molecule has 2 rings (SSSR count). The Balaban J connectivity index is 0.000000392. The lowest BCUT2D eigenvalue weighted by Gasteiger charge is -1.99. The highest BCUT2D eigenvalue weighted by molar-refractivity contribution is 7.85. The number of aromatic carboxylic acids is 1. The SMILES string of the molecule is N[C@@H](CC(=O)O)C(=O)O.O=C(O)c1ccccc1.O=S(=O)(O)c1ccccc1. The molecule has 1 atom stereocenters. The van der Waals surface area contributed by atoms with Crippen LogP contribution in [0.2, 0.25) is 0 Å². The smallest absolute Gasteiger partial charge is 0.335 e. The summed E-state index contributed by atoms with van der Waals surface area (Å²) >= 11 is 0. The van der Waals surface area contributed by atoms with Crippen LogP contribution in [0.15, 0.2) is 65.6 Å². The standard InChI is InChI=1S/C7H6O2.C6H6O3S.C4H7NO4/c8-7(9)6-4-2-1-3-5-6;7-10(8,9)6-4-2-1-3-5-6;5-2(4(8)9)1-3(6)7/h1-5H,(H,8,9);1-5H,(H,7,8,9);2H,1,5H2,(H,6,7)(H,8,9)/t;;2-/m..0/s1. The van der Waals surface area contributed by atoms with E-state index in [2.05, 4.69) is 0 Å². The predicted molar refractivity (Wildman–Crippen MR) is 97.5 cm³/mol. The van der Waals surface area contributed by atoms with Crippen LogP contribution in [0, 0.1) is 0 Å². The third-order valence-electron chi connectivity index (χ3n) is 2.77. The zero-order valence-electron chi connectivity index (χ0n) is 14.4. The molecule has 0 aromatic heterocycles. The highest BCUT2D eigenvalue weighted by atomic mass is 32.2. The molecule has 0 saturated heterocycles. The van der Waals surface area contributed by atoms with Crippen molar-refractivity contribution in [2.24, 2.45) is 5.73 Å². The van der Waals surface area contributed by atoms with Gasteiger partial charge in [-0.15, -0.1) is 0 Å². The van der Waals surface area contributed by atoms with E-state index < -0.39 is 40.5 Å². The molecule has 0 bridgehead atoms. The van der Waals surface area contributed by atoms with E-state index in [1.54, 1.807) is 48.5 Å². The summed E-state index contributed by atoms with van der Waals surface area (Å²) in [5, 5.41) is 24.4. The summed E-state index contributed by atoms with van der Waals surface area (Å²) in [7, 11) is -4.00. The minimum absolute atomic E-state index is 0.0741. The van der Waals surface area contributed by atoms with Gasteiger partial charge in [0.2, 0.25) is 0 Å². The normalized spacial score (nSPS) is 10.9. The lowest BCUT2D eigenvalue weighted by molar-refractivity contribution is -0.144. The van der Waals surface area contributed by atoms with Gasteiger partial charge in [0.25, 0.3) is 10.1 Å². The topological polar surface area (TPSA) is 192 Å². The summed E-state index contributed by atoms with van der Waals surface area (Å²) in [4.78, 5) is 29.7. The molecular formula is C17H19NO9S. The van der Waals surface area contributed by atoms with Crippen LogP contribution in [0.5, 0.6) is 0 Å². The Labute approximate surface area is 160 Å². The van der Waals surface area contributed by atoms with Crippen LogP contribution >= 0.6 is 0 Å². The lowest BCUT2D eigenvalue weighted by Crippen LogP contribution is -2.32. The van der Waals surface area contributed by atoms with Crippen molar-refractivity contribution < 1.29 is 42.7 Å². The number of carboxylic acid groups (broad SMARTS) is 3. The average Bonchev–Trinajstić information content (AvgIpc) is 2.63. The van der Waals surface area contributed by atoms with Crippen LogP contribution in [0.3, 0.4) is 0 Å². The highest BCUT2D eigenvalue weighted by Gasteiger charge is 2.14. The monoisotopic (exact) mass is 413 g/mol. The van der Waals surface area contributed by atoms with Gasteiger partial charge in [0, 0.05) is 0 Å². The molecule has 10 nitrogen and oxygen atoms in total. The second-order valence-corrected chi connectivity index (χ2v) is 6.42. The summed E-state index contributed by atoms with van der Waals surface area (Å²) in [6.07, 6.45) is -0.532. The first kappa shape index (κ1) is 24.7. The van der Waals surface area contributed by atoms with E-state index in [0.717, 1.165) is 0 Å². The minimum atomic E-state index is -4.00. The van der Waals surface area contributed by atoms with Gasteiger partial charge >= 0.3 is 17.9 Å². The van der Waals surface area contributed by atoms with Gasteiger partial charge in [0.1, 0.15) is 6.04 Å². The van der Waals surface area contributed by atoms with E-state index in [1.807, 2.05) is 0 Å². The number of hydrogen-bond acceptors (Lipinski definition) is 6. The summed E-state index contributed by atoms with van der Waals surface area (Å²) in [5.41, 5.74) is 5.17. The fraction of sp³-hybridized carbons (Fsp3) is 0.118. The zero-order chi connectivity index (χ0) is 21.7. The third-order valence-corrected chi connectivity index (χ3v) is 3.64. The predicted octanol–water partition coefficient (Wildman–Crippen LogP) is 1.19. The molecule has 0 unspecified atom stereocenters. The van der Waals surface area contributed by atoms with E-state index in [4.69, 9.17) is 25.6 Å². The van der Waals surface area contributed by atoms with E-state index >= 15 is 0 Å². The van der Waals surface area contributed by atoms with E-state index in [-0.39, 0.29) is 4.90 Å². The maximum Gasteiger partial charge on any atom is 0.335 e. The molecule has 0 fully saturated rings. The molecule has 0 spiro atoms. The molecule has 0 aliphatic rings. The molecular weight excluding hydrogens is 394 g/mol. The molecule has 0 radical (unpaired) electrons. The molecule has 11 heteroatoms. The van der Waals surface area contributed by atoms with Gasteiger partial charge in [-0.3, -0.25) is 14.1 Å². The van der Waals surface area contributed by atoms with E-state index in [1.165, 1.54) is 12.1 Å². The van der Waals surface area contributed by atoms with Crippen LogP contribution in [0.25, 0.3) is 0 Å². The molecule has 0 heterocycles. The van der Waals surface area contributed by atoms with Gasteiger partial charge in [-0.05, 0) is 24.3 Å². The molecule has 0 aliphatic heterocycles. The largest absolute Gasteiger partial charge is 0.481 e. The van der Waals surface area contributed by atoms with Crippen LogP contribution in [-0.4, -0.2) is 52.2 Å². The first-order chi connectivity index (χ1) is 12.9. The summed E-state index contributed by atoms with van der Waals surface area (Å²) in [5.74, 6) is -3.38. The molecule has 6 N–H and O–H groups in total. The highest BCUT2D eigenvalue weighted by Crippen LogP contribution is 2.05. The first-order valence-electron chi connectivity index (χ1n) is 7.46. The van der Waals surface area contributed by atoms with Gasteiger partial charge in [0.05, 0.1) is 16.9 Å². The van der Waals surface area contributed by atoms with Crippen LogP contribution in [0.1, 0.15) is 16.8 Å². The van der Waals surface area contributed by atoms with Crippen molar-refractivity contribution in [2.45, 2.75) is 17.4 Å². The maximum absolute atomic E-state index is 10.4. The van der Waals surface area contributed by atoms with E-state index in [0.29, 0.717) is 5.56 Å². The second kappa shape index (κ2) is 12.2. The number of carbonyl (C=O) groups is 3. The molecule has 2 aromatic carbocycles. The Morgan fingerprint density at radius 1 is 0.857 bits per heavy atom. The third kappa shape index (κ3) is 11.4. The van der Waals surface area contributed by atoms with Crippen molar-refractivity contribution in [1.82, 2.24) is 0 Å². The minimum Gasteiger partial charge on any atom is -0.481 e. The van der Waals surface area contributed by atoms with Crippen molar-refractivity contribution in [3.8, 4) is 0 Å². The van der Waals surface area contributed by atoms with Gasteiger partial charge in [0.15, 0.2) is 0 Å². The molecule has 0 saturated carbocycles. The van der Waals surface area contributed by atoms with Crippen molar-refractivity contribution in [1.29, 1.82) is 0 Å². The molecule has 2 aromatic rings. The maximum atomic E-state index is 10.4. The van der Waals surface area contributed by atoms with Crippen molar-refractivity contribution in [2.75, 3.05) is 0 Å². The van der Waals surface area contributed by atoms with Crippen molar-refractivity contribution >= 4 is 28.0 Å². The first-order valence-corrected chi connectivity index (χ1v) is 8.90. The average molecular weight is 413 g/mol. The molecule has 0 amide bonds. The van der Waals surface area contributed by atoms with Crippen LogP contribution < -0.4 is 5.73 Å². The van der Waals surface area contributed by atoms with Crippen LogP contribution in [-0.2, 0) is 19.7 Å². The van der Waals surface area contributed by atoms with Gasteiger partial charge < -0.3 is 21.1 Å².